The summed E-state index contributed by atoms with van der Waals surface area (Å²) < 4.78 is 5.34. The lowest BCUT2D eigenvalue weighted by Gasteiger charge is -2.28. The molecule has 1 saturated heterocycles. The standard InChI is InChI=1S/C20H22N2O4/c23-19(21-18(20(24)25)14-15-4-2-1-3-5-15)16-6-8-17(9-7-16)22-10-12-26-13-11-22/h1-9,18H,10-14H2,(H,21,23)(H,24,25)/t18-/m0/s1. The minimum absolute atomic E-state index is 0.244. The van der Waals surface area contributed by atoms with Gasteiger partial charge in [-0.2, -0.15) is 0 Å². The average Bonchev–Trinajstić information content (AvgIpc) is 2.69. The van der Waals surface area contributed by atoms with Crippen molar-refractivity contribution in [3.8, 4) is 0 Å². The normalized spacial score (nSPS) is 15.3. The molecule has 26 heavy (non-hydrogen) atoms. The van der Waals surface area contributed by atoms with E-state index >= 15 is 0 Å². The van der Waals surface area contributed by atoms with Crippen LogP contribution in [-0.4, -0.2) is 49.3 Å². The fourth-order valence-corrected chi connectivity index (χ4v) is 2.94. The average molecular weight is 354 g/mol. The van der Waals surface area contributed by atoms with Crippen molar-refractivity contribution in [3.63, 3.8) is 0 Å². The molecule has 6 nitrogen and oxygen atoms in total. The van der Waals surface area contributed by atoms with Crippen molar-refractivity contribution < 1.29 is 19.4 Å². The van der Waals surface area contributed by atoms with Crippen LogP contribution in [0.5, 0.6) is 0 Å². The van der Waals surface area contributed by atoms with Gasteiger partial charge in [0, 0.05) is 30.8 Å². The zero-order valence-electron chi connectivity index (χ0n) is 14.4. The summed E-state index contributed by atoms with van der Waals surface area (Å²) in [6.45, 7) is 3.04. The van der Waals surface area contributed by atoms with Gasteiger partial charge in [-0.3, -0.25) is 4.79 Å². The third-order valence-electron chi connectivity index (χ3n) is 4.39. The first-order valence-electron chi connectivity index (χ1n) is 8.64. The summed E-state index contributed by atoms with van der Waals surface area (Å²) in [7, 11) is 0. The minimum atomic E-state index is -1.05. The Bertz CT molecular complexity index is 740. The maximum atomic E-state index is 12.4. The van der Waals surface area contributed by atoms with E-state index in [0.717, 1.165) is 24.3 Å². The van der Waals surface area contributed by atoms with E-state index in [1.807, 2.05) is 42.5 Å². The van der Waals surface area contributed by atoms with E-state index < -0.39 is 12.0 Å². The molecule has 0 saturated carbocycles. The summed E-state index contributed by atoms with van der Waals surface area (Å²) in [5.41, 5.74) is 2.34. The van der Waals surface area contributed by atoms with Gasteiger partial charge in [0.2, 0.25) is 0 Å². The van der Waals surface area contributed by atoms with Gasteiger partial charge in [-0.05, 0) is 29.8 Å². The van der Waals surface area contributed by atoms with Gasteiger partial charge >= 0.3 is 5.97 Å². The highest BCUT2D eigenvalue weighted by atomic mass is 16.5. The Morgan fingerprint density at radius 3 is 2.31 bits per heavy atom. The summed E-state index contributed by atoms with van der Waals surface area (Å²) in [6.07, 6.45) is 0.244. The van der Waals surface area contributed by atoms with E-state index in [1.54, 1.807) is 12.1 Å². The highest BCUT2D eigenvalue weighted by Crippen LogP contribution is 2.17. The molecule has 0 bridgehead atoms. The van der Waals surface area contributed by atoms with Crippen LogP contribution in [0.25, 0.3) is 0 Å². The number of rotatable bonds is 6. The SMILES string of the molecule is O=C(N[C@@H](Cc1ccccc1)C(=O)O)c1ccc(N2CCOCC2)cc1. The van der Waals surface area contributed by atoms with E-state index in [1.165, 1.54) is 0 Å². The number of carbonyl (C=O) groups excluding carboxylic acids is 1. The lowest BCUT2D eigenvalue weighted by Crippen LogP contribution is -2.42. The number of benzene rings is 2. The smallest absolute Gasteiger partial charge is 0.326 e. The summed E-state index contributed by atoms with van der Waals surface area (Å²) in [6, 6.07) is 15.5. The van der Waals surface area contributed by atoms with Crippen molar-refractivity contribution in [2.24, 2.45) is 0 Å². The molecule has 1 heterocycles. The fraction of sp³-hybridized carbons (Fsp3) is 0.300. The van der Waals surface area contributed by atoms with Crippen LogP contribution in [-0.2, 0) is 16.0 Å². The number of hydrogen-bond acceptors (Lipinski definition) is 4. The van der Waals surface area contributed by atoms with Gasteiger partial charge in [0.15, 0.2) is 0 Å². The third kappa shape index (κ3) is 4.61. The number of carboxylic acid groups (broad SMARTS) is 1. The first-order chi connectivity index (χ1) is 12.6. The minimum Gasteiger partial charge on any atom is -0.480 e. The lowest BCUT2D eigenvalue weighted by atomic mass is 10.1. The molecule has 136 valence electrons. The maximum Gasteiger partial charge on any atom is 0.326 e. The number of nitrogens with one attached hydrogen (secondary N) is 1. The molecule has 0 unspecified atom stereocenters. The van der Waals surface area contributed by atoms with Gasteiger partial charge in [-0.1, -0.05) is 30.3 Å². The van der Waals surface area contributed by atoms with E-state index in [4.69, 9.17) is 4.74 Å². The molecule has 0 radical (unpaired) electrons. The highest BCUT2D eigenvalue weighted by molar-refractivity contribution is 5.96. The Labute approximate surface area is 152 Å². The largest absolute Gasteiger partial charge is 0.480 e. The van der Waals surface area contributed by atoms with Crippen LogP contribution in [0.2, 0.25) is 0 Å². The van der Waals surface area contributed by atoms with E-state index in [9.17, 15) is 14.7 Å². The number of ether oxygens (including phenoxy) is 1. The predicted octanol–water partition coefficient (Wildman–Crippen LogP) is 1.95. The molecule has 1 amide bonds. The fourth-order valence-electron chi connectivity index (χ4n) is 2.94. The lowest BCUT2D eigenvalue weighted by molar-refractivity contribution is -0.139. The Hall–Kier alpha value is -2.86. The number of morpholine rings is 1. The molecule has 1 aliphatic rings. The molecule has 0 aromatic heterocycles. The number of carboxylic acids is 1. The number of nitrogens with zero attached hydrogens (tertiary/aromatic N) is 1. The second kappa shape index (κ2) is 8.49. The first-order valence-corrected chi connectivity index (χ1v) is 8.64. The number of carbonyl (C=O) groups is 2. The van der Waals surface area contributed by atoms with Crippen molar-refractivity contribution in [2.45, 2.75) is 12.5 Å². The van der Waals surface area contributed by atoms with Gasteiger partial charge in [0.1, 0.15) is 6.04 Å². The first kappa shape index (κ1) is 17.9. The maximum absolute atomic E-state index is 12.4. The van der Waals surface area contributed by atoms with Crippen molar-refractivity contribution in [3.05, 3.63) is 65.7 Å². The van der Waals surface area contributed by atoms with Crippen LogP contribution in [0.3, 0.4) is 0 Å². The Morgan fingerprint density at radius 1 is 1.04 bits per heavy atom. The Kier molecular flexibility index (Phi) is 5.86. The van der Waals surface area contributed by atoms with Crippen LogP contribution < -0.4 is 10.2 Å². The predicted molar refractivity (Wildman–Crippen MR) is 98.5 cm³/mol. The van der Waals surface area contributed by atoms with Crippen LogP contribution in [0.4, 0.5) is 5.69 Å². The highest BCUT2D eigenvalue weighted by Gasteiger charge is 2.21. The van der Waals surface area contributed by atoms with Crippen molar-refractivity contribution in [1.82, 2.24) is 5.32 Å². The number of anilines is 1. The van der Waals surface area contributed by atoms with Crippen LogP contribution >= 0.6 is 0 Å². The molecular weight excluding hydrogens is 332 g/mol. The van der Waals surface area contributed by atoms with Crippen molar-refractivity contribution >= 4 is 17.6 Å². The molecule has 2 N–H and O–H groups in total. The molecule has 1 fully saturated rings. The summed E-state index contributed by atoms with van der Waals surface area (Å²) in [5.74, 6) is -1.44. The molecule has 0 spiro atoms. The van der Waals surface area contributed by atoms with Gasteiger partial charge in [0.05, 0.1) is 13.2 Å². The van der Waals surface area contributed by atoms with Gasteiger partial charge < -0.3 is 20.1 Å². The van der Waals surface area contributed by atoms with Gasteiger partial charge in [0.25, 0.3) is 5.91 Å². The number of aliphatic carboxylic acids is 1. The van der Waals surface area contributed by atoms with Gasteiger partial charge in [-0.15, -0.1) is 0 Å². The summed E-state index contributed by atoms with van der Waals surface area (Å²) in [5, 5.41) is 12.0. The zero-order chi connectivity index (χ0) is 18.4. The second-order valence-corrected chi connectivity index (χ2v) is 6.20. The molecule has 2 aromatic carbocycles. The van der Waals surface area contributed by atoms with Crippen LogP contribution in [0.15, 0.2) is 54.6 Å². The van der Waals surface area contributed by atoms with E-state index in [-0.39, 0.29) is 12.3 Å². The topological polar surface area (TPSA) is 78.9 Å². The second-order valence-electron chi connectivity index (χ2n) is 6.20. The van der Waals surface area contributed by atoms with E-state index in [0.29, 0.717) is 18.8 Å². The Morgan fingerprint density at radius 2 is 1.69 bits per heavy atom. The van der Waals surface area contributed by atoms with Crippen LogP contribution in [0.1, 0.15) is 15.9 Å². The number of amides is 1. The quantitative estimate of drug-likeness (QED) is 0.829. The molecule has 3 rings (SSSR count). The monoisotopic (exact) mass is 354 g/mol. The molecule has 1 aliphatic heterocycles. The van der Waals surface area contributed by atoms with Crippen molar-refractivity contribution in [1.29, 1.82) is 0 Å². The molecule has 1 atom stereocenters. The molecular formula is C20H22N2O4. The van der Waals surface area contributed by atoms with Crippen molar-refractivity contribution in [2.75, 3.05) is 31.2 Å². The summed E-state index contributed by atoms with van der Waals surface area (Å²) >= 11 is 0. The van der Waals surface area contributed by atoms with E-state index in [2.05, 4.69) is 10.2 Å². The molecule has 0 aliphatic carbocycles. The van der Waals surface area contributed by atoms with Gasteiger partial charge in [-0.25, -0.2) is 4.79 Å². The summed E-state index contributed by atoms with van der Waals surface area (Å²) in [4.78, 5) is 26.1. The molecule has 6 heteroatoms. The zero-order valence-corrected chi connectivity index (χ0v) is 14.4. The molecule has 2 aromatic rings. The number of hydrogen-bond donors (Lipinski definition) is 2. The Balaban J connectivity index is 1.64. The third-order valence-corrected chi connectivity index (χ3v) is 4.39. The van der Waals surface area contributed by atoms with Crippen LogP contribution in [0, 0.1) is 0 Å².